The maximum Gasteiger partial charge on any atom is 0.0410 e. The van der Waals surface area contributed by atoms with Gasteiger partial charge in [-0.3, -0.25) is 0 Å². The Morgan fingerprint density at radius 1 is 1.18 bits per heavy atom. The molecule has 1 aromatic rings. The molecule has 0 N–H and O–H groups in total. The quantitative estimate of drug-likeness (QED) is 0.658. The molecule has 0 saturated carbocycles. The van der Waals surface area contributed by atoms with Gasteiger partial charge >= 0.3 is 0 Å². The molecule has 0 amide bonds. The first-order valence-corrected chi connectivity index (χ1v) is 6.36. The second-order valence-electron chi connectivity index (χ2n) is 3.70. The molecule has 0 spiro atoms. The molecule has 1 aromatic carbocycles. The molecule has 1 heteroatoms. The number of hydrogen-bond acceptors (Lipinski definition) is 1. The maximum atomic E-state index is 3.82. The van der Waals surface area contributed by atoms with Crippen molar-refractivity contribution < 1.29 is 0 Å². The predicted molar refractivity (Wildman–Crippen MR) is 79.4 cm³/mol. The number of allylic oxidation sites excluding steroid dienone is 2. The van der Waals surface area contributed by atoms with Crippen molar-refractivity contribution in [2.24, 2.45) is 0 Å². The Bertz CT molecular complexity index is 325. The van der Waals surface area contributed by atoms with E-state index in [1.807, 2.05) is 31.2 Å². The molecule has 1 nitrogen and oxygen atoms in total. The van der Waals surface area contributed by atoms with Crippen LogP contribution in [0.25, 0.3) is 0 Å². The van der Waals surface area contributed by atoms with Gasteiger partial charge in [0.2, 0.25) is 0 Å². The van der Waals surface area contributed by atoms with Crippen molar-refractivity contribution in [3.8, 4) is 0 Å². The smallest absolute Gasteiger partial charge is 0.0410 e. The molecular weight excluding hydrogens is 206 g/mol. The van der Waals surface area contributed by atoms with Gasteiger partial charge in [0.05, 0.1) is 0 Å². The van der Waals surface area contributed by atoms with Crippen LogP contribution in [0.15, 0.2) is 54.8 Å². The van der Waals surface area contributed by atoms with E-state index in [1.165, 1.54) is 12.1 Å². The van der Waals surface area contributed by atoms with Crippen molar-refractivity contribution >= 4 is 5.69 Å². The third-order valence-corrected chi connectivity index (χ3v) is 2.20. The molecule has 0 aromatic heterocycles. The van der Waals surface area contributed by atoms with E-state index < -0.39 is 0 Å². The zero-order chi connectivity index (χ0) is 13.1. The van der Waals surface area contributed by atoms with Crippen LogP contribution in [0, 0.1) is 0 Å². The molecule has 0 unspecified atom stereocenters. The molecule has 1 rings (SSSR count). The summed E-state index contributed by atoms with van der Waals surface area (Å²) in [6.07, 6.45) is 5.21. The summed E-state index contributed by atoms with van der Waals surface area (Å²) in [7, 11) is 0. The Labute approximate surface area is 106 Å². The zero-order valence-corrected chi connectivity index (χ0v) is 11.6. The molecule has 0 aliphatic rings. The highest BCUT2D eigenvalue weighted by Gasteiger charge is 2.04. The minimum Gasteiger partial charge on any atom is -0.342 e. The number of para-hydroxylation sites is 1. The first kappa shape index (κ1) is 15.5. The van der Waals surface area contributed by atoms with Crippen LogP contribution in [-0.4, -0.2) is 6.54 Å². The summed E-state index contributed by atoms with van der Waals surface area (Å²) in [5, 5.41) is 0. The second-order valence-corrected chi connectivity index (χ2v) is 3.70. The maximum absolute atomic E-state index is 3.82. The zero-order valence-electron chi connectivity index (χ0n) is 11.6. The van der Waals surface area contributed by atoms with Crippen LogP contribution in [-0.2, 0) is 0 Å². The minimum absolute atomic E-state index is 0.954. The average Bonchev–Trinajstić information content (AvgIpc) is 2.37. The van der Waals surface area contributed by atoms with Gasteiger partial charge in [-0.2, -0.15) is 0 Å². The second kappa shape index (κ2) is 9.71. The van der Waals surface area contributed by atoms with E-state index >= 15 is 0 Å². The summed E-state index contributed by atoms with van der Waals surface area (Å²) < 4.78 is 0. The lowest BCUT2D eigenvalue weighted by Crippen LogP contribution is -2.20. The van der Waals surface area contributed by atoms with Gasteiger partial charge in [0.15, 0.2) is 0 Å². The number of nitrogens with zero attached hydrogens (tertiary/aromatic N) is 1. The van der Waals surface area contributed by atoms with Gasteiger partial charge in [0, 0.05) is 17.9 Å². The SMILES string of the molecule is C=C/C(=C\C)N(CC)c1ccccc1.CCC. The van der Waals surface area contributed by atoms with Crippen molar-refractivity contribution in [1.82, 2.24) is 0 Å². The van der Waals surface area contributed by atoms with Crippen LogP contribution in [0.5, 0.6) is 0 Å². The van der Waals surface area contributed by atoms with E-state index in [-0.39, 0.29) is 0 Å². The molecule has 0 heterocycles. The van der Waals surface area contributed by atoms with E-state index in [4.69, 9.17) is 0 Å². The Morgan fingerprint density at radius 3 is 2.06 bits per heavy atom. The third-order valence-electron chi connectivity index (χ3n) is 2.20. The van der Waals surface area contributed by atoms with Gasteiger partial charge in [-0.05, 0) is 32.1 Å². The first-order chi connectivity index (χ1) is 8.24. The van der Waals surface area contributed by atoms with E-state index in [1.54, 1.807) is 0 Å². The molecule has 94 valence electrons. The van der Waals surface area contributed by atoms with Crippen LogP contribution < -0.4 is 4.90 Å². The molecule has 0 saturated heterocycles. The monoisotopic (exact) mass is 231 g/mol. The van der Waals surface area contributed by atoms with Gasteiger partial charge in [-0.15, -0.1) is 0 Å². The van der Waals surface area contributed by atoms with E-state index in [0.717, 1.165) is 12.2 Å². The van der Waals surface area contributed by atoms with Gasteiger partial charge in [0.25, 0.3) is 0 Å². The van der Waals surface area contributed by atoms with Crippen LogP contribution in [0.3, 0.4) is 0 Å². The van der Waals surface area contributed by atoms with Crippen molar-refractivity contribution in [2.75, 3.05) is 11.4 Å². The molecule has 0 atom stereocenters. The van der Waals surface area contributed by atoms with Gasteiger partial charge in [-0.25, -0.2) is 0 Å². The Kier molecular flexibility index (Phi) is 8.85. The fourth-order valence-corrected chi connectivity index (χ4v) is 1.51. The van der Waals surface area contributed by atoms with Crippen LogP contribution in [0.4, 0.5) is 5.69 Å². The van der Waals surface area contributed by atoms with Crippen molar-refractivity contribution in [1.29, 1.82) is 0 Å². The van der Waals surface area contributed by atoms with E-state index in [9.17, 15) is 0 Å². The van der Waals surface area contributed by atoms with Gasteiger partial charge in [0.1, 0.15) is 0 Å². The number of rotatable bonds is 4. The normalized spacial score (nSPS) is 10.2. The van der Waals surface area contributed by atoms with Crippen molar-refractivity contribution in [3.05, 3.63) is 54.8 Å². The first-order valence-electron chi connectivity index (χ1n) is 6.36. The average molecular weight is 231 g/mol. The molecule has 0 bridgehead atoms. The Hall–Kier alpha value is -1.50. The molecule has 0 aliphatic carbocycles. The number of hydrogen-bond donors (Lipinski definition) is 0. The molecule has 0 fully saturated rings. The van der Waals surface area contributed by atoms with Gasteiger partial charge in [-0.1, -0.05) is 51.1 Å². The highest BCUT2D eigenvalue weighted by atomic mass is 15.1. The highest BCUT2D eigenvalue weighted by molar-refractivity contribution is 5.53. The summed E-state index contributed by atoms with van der Waals surface area (Å²) in [4.78, 5) is 2.23. The van der Waals surface area contributed by atoms with Crippen molar-refractivity contribution in [3.63, 3.8) is 0 Å². The molecular formula is C16H25N. The summed E-state index contributed by atoms with van der Waals surface area (Å²) in [6, 6.07) is 10.3. The third kappa shape index (κ3) is 5.39. The molecule has 17 heavy (non-hydrogen) atoms. The number of likely N-dealkylation sites (N-methyl/N-ethyl adjacent to an activating group) is 1. The highest BCUT2D eigenvalue weighted by Crippen LogP contribution is 2.18. The summed E-state index contributed by atoms with van der Waals surface area (Å²) in [5.74, 6) is 0. The molecule has 0 radical (unpaired) electrons. The lowest BCUT2D eigenvalue weighted by molar-refractivity contribution is 0.976. The summed E-state index contributed by atoms with van der Waals surface area (Å²) >= 11 is 0. The largest absolute Gasteiger partial charge is 0.342 e. The van der Waals surface area contributed by atoms with Crippen LogP contribution in [0.2, 0.25) is 0 Å². The summed E-state index contributed by atoms with van der Waals surface area (Å²) in [6.45, 7) is 13.2. The summed E-state index contributed by atoms with van der Waals surface area (Å²) in [5.41, 5.74) is 2.36. The van der Waals surface area contributed by atoms with Crippen molar-refractivity contribution in [2.45, 2.75) is 34.1 Å². The fraction of sp³-hybridized carbons (Fsp3) is 0.375. The van der Waals surface area contributed by atoms with Gasteiger partial charge < -0.3 is 4.90 Å². The standard InChI is InChI=1S/C13H17N.C3H8/c1-4-12(5-2)14(6-3)13-10-8-7-9-11-13;1-3-2/h4-5,7-11H,1,6H2,2-3H3;3H2,1-2H3/b12-5+;. The molecule has 0 aliphatic heterocycles. The number of anilines is 1. The Balaban J connectivity index is 0.000000770. The van der Waals surface area contributed by atoms with E-state index in [0.29, 0.717) is 0 Å². The van der Waals surface area contributed by atoms with E-state index in [2.05, 4.69) is 50.5 Å². The predicted octanol–water partition coefficient (Wildman–Crippen LogP) is 5.02. The fourth-order valence-electron chi connectivity index (χ4n) is 1.51. The number of benzene rings is 1. The topological polar surface area (TPSA) is 3.24 Å². The minimum atomic E-state index is 0.954. The lowest BCUT2D eigenvalue weighted by atomic mass is 10.2. The van der Waals surface area contributed by atoms with Crippen LogP contribution in [0.1, 0.15) is 34.1 Å². The lowest BCUT2D eigenvalue weighted by Gasteiger charge is -2.23. The van der Waals surface area contributed by atoms with Crippen LogP contribution >= 0.6 is 0 Å². The Morgan fingerprint density at radius 2 is 1.71 bits per heavy atom.